The maximum absolute atomic E-state index is 10.1. The Bertz CT molecular complexity index is 140. The van der Waals surface area contributed by atoms with Crippen molar-refractivity contribution >= 4 is 5.97 Å². The third-order valence-electron chi connectivity index (χ3n) is 1.53. The lowest BCUT2D eigenvalue weighted by atomic mass is 10.2. The molecule has 0 saturated heterocycles. The molecule has 0 aromatic rings. The van der Waals surface area contributed by atoms with Crippen molar-refractivity contribution in [3.63, 3.8) is 0 Å². The minimum atomic E-state index is -0.815. The fraction of sp³-hybridized carbons (Fsp3) is 0.875. The van der Waals surface area contributed by atoms with Crippen LogP contribution in [-0.4, -0.2) is 49.1 Å². The molecule has 0 aromatic carbocycles. The Balaban J connectivity index is 3.11. The second-order valence-electron chi connectivity index (χ2n) is 2.79. The number of carbonyl (C=O) groups is 1. The highest BCUT2D eigenvalue weighted by molar-refractivity contribution is 5.66. The van der Waals surface area contributed by atoms with Gasteiger partial charge in [0.1, 0.15) is 0 Å². The number of carboxylic acid groups (broad SMARTS) is 1. The molecule has 13 heavy (non-hydrogen) atoms. The molecule has 78 valence electrons. The van der Waals surface area contributed by atoms with Crippen LogP contribution < -0.4 is 5.32 Å². The van der Waals surface area contributed by atoms with Crippen LogP contribution >= 0.6 is 0 Å². The first-order valence-electron chi connectivity index (χ1n) is 4.26. The monoisotopic (exact) mass is 191 g/mol. The highest BCUT2D eigenvalue weighted by Gasteiger charge is 2.02. The van der Waals surface area contributed by atoms with Gasteiger partial charge in [-0.1, -0.05) is 0 Å². The number of hydrogen-bond acceptors (Lipinski definition) is 4. The molecule has 0 spiro atoms. The maximum atomic E-state index is 10.1. The Morgan fingerprint density at radius 3 is 2.77 bits per heavy atom. The molecule has 5 heteroatoms. The largest absolute Gasteiger partial charge is 0.481 e. The fourth-order valence-electron chi connectivity index (χ4n) is 0.865. The first-order chi connectivity index (χ1) is 6.16. The van der Waals surface area contributed by atoms with Crippen LogP contribution in [0.3, 0.4) is 0 Å². The highest BCUT2D eigenvalue weighted by atomic mass is 16.5. The molecule has 0 aliphatic rings. The third kappa shape index (κ3) is 9.26. The third-order valence-corrected chi connectivity index (χ3v) is 1.53. The second-order valence-corrected chi connectivity index (χ2v) is 2.79. The quantitative estimate of drug-likeness (QED) is 0.448. The topological polar surface area (TPSA) is 78.8 Å². The molecule has 0 rings (SSSR count). The van der Waals surface area contributed by atoms with Gasteiger partial charge >= 0.3 is 5.97 Å². The van der Waals surface area contributed by atoms with Crippen molar-refractivity contribution in [2.75, 3.05) is 26.8 Å². The van der Waals surface area contributed by atoms with Crippen molar-refractivity contribution in [3.8, 4) is 0 Å². The Morgan fingerprint density at radius 2 is 2.23 bits per heavy atom. The first-order valence-corrected chi connectivity index (χ1v) is 4.26. The van der Waals surface area contributed by atoms with E-state index < -0.39 is 12.1 Å². The molecule has 0 aromatic heterocycles. The van der Waals surface area contributed by atoms with E-state index in [1.807, 2.05) is 0 Å². The number of methoxy groups -OCH3 is 1. The molecule has 0 heterocycles. The number of ether oxygens (including phenoxy) is 1. The molecule has 0 fully saturated rings. The van der Waals surface area contributed by atoms with E-state index in [0.29, 0.717) is 26.1 Å². The number of aliphatic carboxylic acids is 1. The van der Waals surface area contributed by atoms with E-state index in [9.17, 15) is 9.90 Å². The summed E-state index contributed by atoms with van der Waals surface area (Å²) < 4.78 is 4.73. The van der Waals surface area contributed by atoms with E-state index >= 15 is 0 Å². The molecule has 3 N–H and O–H groups in total. The fourth-order valence-corrected chi connectivity index (χ4v) is 0.865. The Morgan fingerprint density at radius 1 is 1.54 bits per heavy atom. The molecule has 0 aliphatic carbocycles. The summed E-state index contributed by atoms with van der Waals surface area (Å²) in [4.78, 5) is 10.1. The lowest BCUT2D eigenvalue weighted by Crippen LogP contribution is -2.25. The summed E-state index contributed by atoms with van der Waals surface area (Å²) in [6.45, 7) is 1.37. The Kier molecular flexibility index (Phi) is 7.57. The smallest absolute Gasteiger partial charge is 0.304 e. The summed E-state index contributed by atoms with van der Waals surface area (Å²) in [5.41, 5.74) is 0. The van der Waals surface area contributed by atoms with E-state index in [2.05, 4.69) is 5.32 Å². The molecule has 0 amide bonds. The van der Waals surface area contributed by atoms with Gasteiger partial charge in [-0.2, -0.15) is 0 Å². The minimum Gasteiger partial charge on any atom is -0.481 e. The number of carboxylic acids is 1. The number of hydrogen-bond donors (Lipinski definition) is 3. The average molecular weight is 191 g/mol. The van der Waals surface area contributed by atoms with Gasteiger partial charge in [0.15, 0.2) is 0 Å². The summed E-state index contributed by atoms with van der Waals surface area (Å²) in [5, 5.41) is 20.4. The molecule has 0 aliphatic heterocycles. The number of nitrogens with one attached hydrogen (secondary N) is 1. The van der Waals surface area contributed by atoms with Crippen LogP contribution in [0.4, 0.5) is 0 Å². The Hall–Kier alpha value is -0.650. The summed E-state index contributed by atoms with van der Waals surface area (Å²) in [6, 6.07) is 0. The number of rotatable bonds is 8. The molecular weight excluding hydrogens is 174 g/mol. The van der Waals surface area contributed by atoms with Crippen molar-refractivity contribution in [3.05, 3.63) is 0 Å². The molecular formula is C8H17NO4. The molecule has 0 bridgehead atoms. The van der Waals surface area contributed by atoms with Crippen LogP contribution in [0.25, 0.3) is 0 Å². The van der Waals surface area contributed by atoms with Crippen LogP contribution in [0.5, 0.6) is 0 Å². The second kappa shape index (κ2) is 7.97. The summed E-state index contributed by atoms with van der Waals surface area (Å²) in [6.07, 6.45) is 0.218. The van der Waals surface area contributed by atoms with E-state index in [-0.39, 0.29) is 6.42 Å². The van der Waals surface area contributed by atoms with Gasteiger partial charge in [-0.05, 0) is 13.0 Å². The minimum absolute atomic E-state index is 0.111. The lowest BCUT2D eigenvalue weighted by Gasteiger charge is -2.09. The average Bonchev–Trinajstić information content (AvgIpc) is 2.03. The van der Waals surface area contributed by atoms with Gasteiger partial charge in [-0.25, -0.2) is 0 Å². The van der Waals surface area contributed by atoms with Crippen LogP contribution in [0.15, 0.2) is 0 Å². The summed E-state index contributed by atoms with van der Waals surface area (Å²) >= 11 is 0. The van der Waals surface area contributed by atoms with Gasteiger partial charge in [-0.15, -0.1) is 0 Å². The van der Waals surface area contributed by atoms with Gasteiger partial charge < -0.3 is 20.3 Å². The molecule has 1 atom stereocenters. The van der Waals surface area contributed by atoms with Crippen LogP contribution in [0, 0.1) is 0 Å². The normalized spacial score (nSPS) is 12.8. The Labute approximate surface area is 77.7 Å². The van der Waals surface area contributed by atoms with Crippen LogP contribution in [-0.2, 0) is 9.53 Å². The first kappa shape index (κ1) is 12.3. The summed E-state index contributed by atoms with van der Waals surface area (Å²) in [7, 11) is 1.53. The predicted octanol–water partition coefficient (Wildman–Crippen LogP) is -0.552. The lowest BCUT2D eigenvalue weighted by molar-refractivity contribution is -0.136. The van der Waals surface area contributed by atoms with E-state index in [1.54, 1.807) is 0 Å². The van der Waals surface area contributed by atoms with Gasteiger partial charge in [-0.3, -0.25) is 4.79 Å². The van der Waals surface area contributed by atoms with Crippen molar-refractivity contribution in [2.24, 2.45) is 0 Å². The van der Waals surface area contributed by atoms with Crippen LogP contribution in [0.2, 0.25) is 0 Å². The zero-order valence-electron chi connectivity index (χ0n) is 7.82. The number of aliphatic hydroxyl groups excluding tert-OH is 1. The standard InChI is InChI=1S/C8H17NO4/c1-13-6-7(10)2-4-9-5-3-8(11)12/h7,9-10H,2-6H2,1H3,(H,11,12). The van der Waals surface area contributed by atoms with Gasteiger partial charge in [0.25, 0.3) is 0 Å². The molecule has 5 nitrogen and oxygen atoms in total. The molecule has 1 unspecified atom stereocenters. The van der Waals surface area contributed by atoms with Gasteiger partial charge in [0.05, 0.1) is 19.1 Å². The zero-order chi connectivity index (χ0) is 10.1. The maximum Gasteiger partial charge on any atom is 0.304 e. The van der Waals surface area contributed by atoms with Crippen molar-refractivity contribution in [1.82, 2.24) is 5.32 Å². The van der Waals surface area contributed by atoms with Crippen molar-refractivity contribution < 1.29 is 19.7 Å². The van der Waals surface area contributed by atoms with Crippen molar-refractivity contribution in [2.45, 2.75) is 18.9 Å². The van der Waals surface area contributed by atoms with Gasteiger partial charge in [0, 0.05) is 13.7 Å². The molecule has 0 radical (unpaired) electrons. The van der Waals surface area contributed by atoms with Crippen molar-refractivity contribution in [1.29, 1.82) is 0 Å². The summed E-state index contributed by atoms with van der Waals surface area (Å²) in [5.74, 6) is -0.815. The predicted molar refractivity (Wildman–Crippen MR) is 47.6 cm³/mol. The zero-order valence-corrected chi connectivity index (χ0v) is 7.82. The highest BCUT2D eigenvalue weighted by Crippen LogP contribution is 1.89. The molecule has 0 saturated carbocycles. The van der Waals surface area contributed by atoms with E-state index in [1.165, 1.54) is 7.11 Å². The van der Waals surface area contributed by atoms with E-state index in [0.717, 1.165) is 0 Å². The van der Waals surface area contributed by atoms with E-state index in [4.69, 9.17) is 9.84 Å². The van der Waals surface area contributed by atoms with Gasteiger partial charge in [0.2, 0.25) is 0 Å². The number of aliphatic hydroxyl groups is 1. The van der Waals surface area contributed by atoms with Crippen LogP contribution in [0.1, 0.15) is 12.8 Å². The SMILES string of the molecule is COCC(O)CCNCCC(=O)O.